The average Bonchev–Trinajstić information content (AvgIpc) is 3.30. The summed E-state index contributed by atoms with van der Waals surface area (Å²) in [6, 6.07) is 4.46. The first-order valence-corrected chi connectivity index (χ1v) is 11.9. The Morgan fingerprint density at radius 2 is 1.87 bits per heavy atom. The van der Waals surface area contributed by atoms with Crippen LogP contribution < -0.4 is 4.74 Å². The maximum absolute atomic E-state index is 14.1. The summed E-state index contributed by atoms with van der Waals surface area (Å²) in [5.74, 6) is -5.21. The molecule has 2 aromatic carbocycles. The minimum Gasteiger partial charge on any atom is -0.507 e. The van der Waals surface area contributed by atoms with Gasteiger partial charge in [0.1, 0.15) is 17.9 Å². The highest BCUT2D eigenvalue weighted by molar-refractivity contribution is 6.27. The van der Waals surface area contributed by atoms with Gasteiger partial charge in [-0.05, 0) is 43.0 Å². The van der Waals surface area contributed by atoms with E-state index in [-0.39, 0.29) is 23.6 Å². The van der Waals surface area contributed by atoms with Gasteiger partial charge in [0.25, 0.3) is 5.60 Å². The van der Waals surface area contributed by atoms with Crippen molar-refractivity contribution in [3.05, 3.63) is 34.9 Å². The van der Waals surface area contributed by atoms with Gasteiger partial charge in [-0.2, -0.15) is 0 Å². The van der Waals surface area contributed by atoms with E-state index in [1.54, 1.807) is 19.9 Å². The van der Waals surface area contributed by atoms with Crippen LogP contribution in [0.1, 0.15) is 46.5 Å². The summed E-state index contributed by atoms with van der Waals surface area (Å²) < 4.78 is 27.0. The molecule has 12 heteroatoms. The van der Waals surface area contributed by atoms with Crippen LogP contribution in [0.15, 0.2) is 18.2 Å². The Balaban J connectivity index is 1.74. The number of phenols is 1. The number of hydrogen-bond donors (Lipinski definition) is 2. The normalized spacial score (nSPS) is 27.7. The smallest absolute Gasteiger partial charge is 0.410 e. The number of aromatic hydroxyl groups is 1. The first kappa shape index (κ1) is 25.9. The first-order valence-electron chi connectivity index (χ1n) is 11.9. The molecule has 5 rings (SSSR count). The SMILES string of the molecule is COc1cc(CN(C)C(=O)OC(C)C)c2c(O)c3c(cc2c1)C(=O)[C@]1(O)CO[C@@]2(OC)CC(=O)O[C@]21C3=O. The van der Waals surface area contributed by atoms with E-state index in [2.05, 4.69) is 0 Å². The molecule has 1 aliphatic carbocycles. The van der Waals surface area contributed by atoms with Crippen LogP contribution in [0, 0.1) is 0 Å². The van der Waals surface area contributed by atoms with Crippen LogP contribution in [0.25, 0.3) is 10.8 Å². The highest BCUT2D eigenvalue weighted by atomic mass is 16.8. The third-order valence-corrected chi connectivity index (χ3v) is 7.33. The van der Waals surface area contributed by atoms with Crippen molar-refractivity contribution in [1.29, 1.82) is 0 Å². The van der Waals surface area contributed by atoms with E-state index >= 15 is 0 Å². The fraction of sp³-hybridized carbons (Fsp3) is 0.462. The van der Waals surface area contributed by atoms with Gasteiger partial charge in [0.2, 0.25) is 23.0 Å². The zero-order chi connectivity index (χ0) is 27.8. The summed E-state index contributed by atoms with van der Waals surface area (Å²) in [5, 5.41) is 23.5. The number of amides is 1. The van der Waals surface area contributed by atoms with Gasteiger partial charge in [-0.3, -0.25) is 14.4 Å². The number of nitrogens with zero attached hydrogens (tertiary/aromatic N) is 1. The molecule has 2 aliphatic heterocycles. The van der Waals surface area contributed by atoms with Crippen LogP contribution in [0.5, 0.6) is 11.5 Å². The standard InChI is InChI=1S/C26H27NO11/c1-12(2)37-23(32)27(3)10-14-7-15(34-4)6-13-8-16-19(20(29)18(13)14)22(31)26-24(33,21(16)30)11-36-25(26,35-5)9-17(28)38-26/h6-8,12,29,33H,9-11H2,1-5H3/t24-,25+,26+/m1/s1. The predicted octanol–water partition coefficient (Wildman–Crippen LogP) is 1.70. The predicted molar refractivity (Wildman–Crippen MR) is 128 cm³/mol. The molecule has 0 unspecified atom stereocenters. The Hall–Kier alpha value is -3.74. The molecule has 2 saturated heterocycles. The van der Waals surface area contributed by atoms with Crippen LogP contribution in [0.2, 0.25) is 0 Å². The van der Waals surface area contributed by atoms with Gasteiger partial charge < -0.3 is 38.8 Å². The third-order valence-electron chi connectivity index (χ3n) is 7.33. The van der Waals surface area contributed by atoms with E-state index in [1.807, 2.05) is 0 Å². The molecular formula is C26H27NO11. The molecule has 1 spiro atoms. The molecule has 0 aromatic heterocycles. The number of benzene rings is 2. The van der Waals surface area contributed by atoms with Gasteiger partial charge in [-0.1, -0.05) is 0 Å². The summed E-state index contributed by atoms with van der Waals surface area (Å²) in [6.45, 7) is 2.69. The van der Waals surface area contributed by atoms with Crippen LogP contribution in [-0.4, -0.2) is 89.7 Å². The largest absolute Gasteiger partial charge is 0.507 e. The highest BCUT2D eigenvalue weighted by Crippen LogP contribution is 2.58. The van der Waals surface area contributed by atoms with Crippen molar-refractivity contribution in [3.63, 3.8) is 0 Å². The van der Waals surface area contributed by atoms with E-state index in [0.29, 0.717) is 16.7 Å². The fourth-order valence-corrected chi connectivity index (χ4v) is 5.62. The molecule has 3 aliphatic rings. The van der Waals surface area contributed by atoms with Crippen LogP contribution in [0.3, 0.4) is 0 Å². The van der Waals surface area contributed by atoms with Crippen molar-refractivity contribution in [2.75, 3.05) is 27.9 Å². The number of aliphatic hydroxyl groups is 1. The first-order chi connectivity index (χ1) is 17.9. The Morgan fingerprint density at radius 1 is 1.16 bits per heavy atom. The molecule has 2 fully saturated rings. The van der Waals surface area contributed by atoms with Crippen molar-refractivity contribution in [1.82, 2.24) is 4.90 Å². The molecule has 3 atom stereocenters. The van der Waals surface area contributed by atoms with E-state index < -0.39 is 65.0 Å². The fourth-order valence-electron chi connectivity index (χ4n) is 5.62. The summed E-state index contributed by atoms with van der Waals surface area (Å²) in [5.41, 5.74) is -5.48. The Labute approximate surface area is 216 Å². The maximum Gasteiger partial charge on any atom is 0.410 e. The lowest BCUT2D eigenvalue weighted by Gasteiger charge is -2.43. The van der Waals surface area contributed by atoms with Gasteiger partial charge in [-0.25, -0.2) is 4.79 Å². The second-order valence-corrected chi connectivity index (χ2v) is 9.92. The minimum absolute atomic E-state index is 0.0527. The number of rotatable bonds is 5. The van der Waals surface area contributed by atoms with Gasteiger partial charge in [0.15, 0.2) is 0 Å². The molecule has 38 heavy (non-hydrogen) atoms. The number of Topliss-reactive ketones (excluding diaryl/α,β-unsaturated/α-hetero) is 2. The van der Waals surface area contributed by atoms with E-state index in [9.17, 15) is 29.4 Å². The van der Waals surface area contributed by atoms with Gasteiger partial charge >= 0.3 is 12.1 Å². The monoisotopic (exact) mass is 529 g/mol. The highest BCUT2D eigenvalue weighted by Gasteiger charge is 2.84. The van der Waals surface area contributed by atoms with E-state index in [0.717, 1.165) is 0 Å². The molecular weight excluding hydrogens is 502 g/mol. The number of methoxy groups -OCH3 is 2. The Morgan fingerprint density at radius 3 is 2.50 bits per heavy atom. The summed E-state index contributed by atoms with van der Waals surface area (Å²) in [4.78, 5) is 53.9. The number of phenolic OH excluding ortho intramolecular Hbond substituents is 1. The quantitative estimate of drug-likeness (QED) is 0.543. The van der Waals surface area contributed by atoms with Crippen LogP contribution in [0.4, 0.5) is 4.79 Å². The number of carbonyl (C=O) groups excluding carboxylic acids is 4. The lowest BCUT2D eigenvalue weighted by Crippen LogP contribution is -2.71. The molecule has 12 nitrogen and oxygen atoms in total. The number of fused-ring (bicyclic) bond motifs is 2. The molecule has 0 radical (unpaired) electrons. The van der Waals surface area contributed by atoms with Crippen molar-refractivity contribution < 1.29 is 53.1 Å². The average molecular weight is 529 g/mol. The Kier molecular flexibility index (Phi) is 5.71. The summed E-state index contributed by atoms with van der Waals surface area (Å²) >= 11 is 0. The lowest BCUT2D eigenvalue weighted by atomic mass is 9.65. The van der Waals surface area contributed by atoms with Crippen molar-refractivity contribution in [2.45, 2.75) is 49.9 Å². The van der Waals surface area contributed by atoms with Crippen molar-refractivity contribution in [3.8, 4) is 11.5 Å². The lowest BCUT2D eigenvalue weighted by molar-refractivity contribution is -0.231. The van der Waals surface area contributed by atoms with Crippen molar-refractivity contribution in [2.24, 2.45) is 0 Å². The minimum atomic E-state index is -2.58. The van der Waals surface area contributed by atoms with Gasteiger partial charge in [0.05, 0.1) is 25.4 Å². The molecule has 2 heterocycles. The number of esters is 1. The number of carbonyl (C=O) groups is 4. The van der Waals surface area contributed by atoms with E-state index in [1.165, 1.54) is 38.3 Å². The van der Waals surface area contributed by atoms with Crippen LogP contribution >= 0.6 is 0 Å². The number of ether oxygens (including phenoxy) is 5. The molecule has 0 saturated carbocycles. The Bertz CT molecular complexity index is 1420. The molecule has 2 aromatic rings. The van der Waals surface area contributed by atoms with Gasteiger partial charge in [-0.15, -0.1) is 0 Å². The molecule has 2 N–H and O–H groups in total. The van der Waals surface area contributed by atoms with Gasteiger partial charge in [0, 0.05) is 31.7 Å². The molecule has 202 valence electrons. The second-order valence-electron chi connectivity index (χ2n) is 9.92. The second kappa shape index (κ2) is 8.38. The molecule has 0 bridgehead atoms. The number of ketones is 2. The zero-order valence-electron chi connectivity index (χ0n) is 21.4. The summed E-state index contributed by atoms with van der Waals surface area (Å²) in [6.07, 6.45) is -1.52. The number of hydrogen-bond acceptors (Lipinski definition) is 11. The van der Waals surface area contributed by atoms with E-state index in [4.69, 9.17) is 23.7 Å². The zero-order valence-corrected chi connectivity index (χ0v) is 21.4. The summed E-state index contributed by atoms with van der Waals surface area (Å²) in [7, 11) is 4.09. The third kappa shape index (κ3) is 3.14. The topological polar surface area (TPSA) is 158 Å². The maximum atomic E-state index is 14.1. The molecule has 1 amide bonds. The van der Waals surface area contributed by atoms with Crippen molar-refractivity contribution >= 4 is 34.4 Å². The van der Waals surface area contributed by atoms with Crippen LogP contribution in [-0.2, 0) is 30.3 Å².